The molecule has 0 aliphatic heterocycles. The number of phenols is 1. The van der Waals surface area contributed by atoms with Crippen molar-refractivity contribution in [1.29, 1.82) is 0 Å². The minimum Gasteiger partial charge on any atom is -0.508 e. The van der Waals surface area contributed by atoms with E-state index < -0.39 is 0 Å². The monoisotopic (exact) mass is 189 g/mol. The van der Waals surface area contributed by atoms with Gasteiger partial charge in [-0.2, -0.15) is 0 Å². The Hall–Kier alpha value is -1.28. The fourth-order valence-electron chi connectivity index (χ4n) is 2.07. The molecular weight excluding hydrogens is 174 g/mol. The summed E-state index contributed by atoms with van der Waals surface area (Å²) in [6.45, 7) is 4.50. The number of aromatic hydroxyl groups is 1. The summed E-state index contributed by atoms with van der Waals surface area (Å²) in [6.07, 6.45) is 3.90. The second kappa shape index (κ2) is 3.84. The Morgan fingerprint density at radius 1 is 1.57 bits per heavy atom. The smallest absolute Gasteiger partial charge is 0.119 e. The summed E-state index contributed by atoms with van der Waals surface area (Å²) >= 11 is 0. The summed E-state index contributed by atoms with van der Waals surface area (Å²) in [6, 6.07) is 6.13. The highest BCUT2D eigenvalue weighted by Gasteiger charge is 2.23. The fourth-order valence-corrected chi connectivity index (χ4v) is 2.07. The first-order valence-corrected chi connectivity index (χ1v) is 4.98. The third-order valence-electron chi connectivity index (χ3n) is 2.75. The summed E-state index contributed by atoms with van der Waals surface area (Å²) in [5.74, 6) is 0.436. The maximum absolute atomic E-state index is 9.63. The van der Waals surface area contributed by atoms with Crippen molar-refractivity contribution in [2.24, 2.45) is 0 Å². The highest BCUT2D eigenvalue weighted by Crippen LogP contribution is 2.35. The number of fused-ring (bicyclic) bond motifs is 1. The zero-order chi connectivity index (χ0) is 9.97. The van der Waals surface area contributed by atoms with Crippen LogP contribution in [0.5, 0.6) is 5.75 Å². The second-order valence-electron chi connectivity index (χ2n) is 3.63. The summed E-state index contributed by atoms with van der Waals surface area (Å²) in [7, 11) is 0. The van der Waals surface area contributed by atoms with Gasteiger partial charge in [0.1, 0.15) is 5.75 Å². The van der Waals surface area contributed by atoms with Gasteiger partial charge in [-0.1, -0.05) is 18.2 Å². The van der Waals surface area contributed by atoms with Crippen molar-refractivity contribution in [3.63, 3.8) is 0 Å². The van der Waals surface area contributed by atoms with Gasteiger partial charge in [0.15, 0.2) is 0 Å². The van der Waals surface area contributed by atoms with Crippen LogP contribution in [0.2, 0.25) is 0 Å². The van der Waals surface area contributed by atoms with E-state index in [1.54, 1.807) is 6.07 Å². The molecule has 74 valence electrons. The summed E-state index contributed by atoms with van der Waals surface area (Å²) in [5, 5.41) is 13.0. The SMILES string of the molecule is C=CCN[C@@H]1CCc2c(O)cccc21. The molecule has 0 spiro atoms. The maximum atomic E-state index is 9.63. The molecule has 2 N–H and O–H groups in total. The van der Waals surface area contributed by atoms with Crippen LogP contribution in [0.4, 0.5) is 0 Å². The van der Waals surface area contributed by atoms with Gasteiger partial charge in [0.05, 0.1) is 0 Å². The van der Waals surface area contributed by atoms with Gasteiger partial charge in [-0.15, -0.1) is 6.58 Å². The van der Waals surface area contributed by atoms with E-state index in [9.17, 15) is 5.11 Å². The number of rotatable bonds is 3. The van der Waals surface area contributed by atoms with Gasteiger partial charge < -0.3 is 10.4 Å². The van der Waals surface area contributed by atoms with E-state index in [2.05, 4.69) is 18.0 Å². The molecule has 1 aliphatic rings. The zero-order valence-corrected chi connectivity index (χ0v) is 8.16. The van der Waals surface area contributed by atoms with Crippen molar-refractivity contribution < 1.29 is 5.11 Å². The van der Waals surface area contributed by atoms with Crippen molar-refractivity contribution in [2.75, 3.05) is 6.54 Å². The Labute approximate surface area is 84.3 Å². The molecule has 1 aliphatic carbocycles. The Balaban J connectivity index is 2.21. The van der Waals surface area contributed by atoms with Crippen molar-refractivity contribution in [1.82, 2.24) is 5.32 Å². The Morgan fingerprint density at radius 3 is 3.21 bits per heavy atom. The standard InChI is InChI=1S/C12H15NO/c1-2-8-13-11-7-6-10-9(11)4-3-5-12(10)14/h2-5,11,13-14H,1,6-8H2/t11-/m1/s1. The lowest BCUT2D eigenvalue weighted by molar-refractivity contribution is 0.469. The highest BCUT2D eigenvalue weighted by molar-refractivity contribution is 5.44. The van der Waals surface area contributed by atoms with Crippen LogP contribution in [0.3, 0.4) is 0 Å². The molecule has 0 heterocycles. The molecule has 14 heavy (non-hydrogen) atoms. The predicted molar refractivity (Wildman–Crippen MR) is 57.4 cm³/mol. The second-order valence-corrected chi connectivity index (χ2v) is 3.63. The van der Waals surface area contributed by atoms with Crippen molar-refractivity contribution in [3.8, 4) is 5.75 Å². The fraction of sp³-hybridized carbons (Fsp3) is 0.333. The van der Waals surface area contributed by atoms with E-state index in [4.69, 9.17) is 0 Å². The van der Waals surface area contributed by atoms with Crippen LogP contribution in [0, 0.1) is 0 Å². The lowest BCUT2D eigenvalue weighted by Crippen LogP contribution is -2.18. The lowest BCUT2D eigenvalue weighted by atomic mass is 10.1. The summed E-state index contributed by atoms with van der Waals surface area (Å²) < 4.78 is 0. The van der Waals surface area contributed by atoms with E-state index in [0.717, 1.165) is 24.9 Å². The minimum absolute atomic E-state index is 0.384. The van der Waals surface area contributed by atoms with Crippen LogP contribution in [0.25, 0.3) is 0 Å². The molecule has 1 aromatic carbocycles. The van der Waals surface area contributed by atoms with Crippen LogP contribution in [0.15, 0.2) is 30.9 Å². The van der Waals surface area contributed by atoms with E-state index >= 15 is 0 Å². The van der Waals surface area contributed by atoms with Gasteiger partial charge >= 0.3 is 0 Å². The molecule has 0 aromatic heterocycles. The van der Waals surface area contributed by atoms with Gasteiger partial charge in [-0.3, -0.25) is 0 Å². The van der Waals surface area contributed by atoms with E-state index in [-0.39, 0.29) is 0 Å². The van der Waals surface area contributed by atoms with Crippen molar-refractivity contribution in [2.45, 2.75) is 18.9 Å². The molecule has 2 heteroatoms. The third-order valence-corrected chi connectivity index (χ3v) is 2.75. The average Bonchev–Trinajstić information content (AvgIpc) is 2.60. The van der Waals surface area contributed by atoms with Gasteiger partial charge in [0.25, 0.3) is 0 Å². The Morgan fingerprint density at radius 2 is 2.43 bits per heavy atom. The first kappa shape index (κ1) is 9.28. The molecule has 2 nitrogen and oxygen atoms in total. The Bertz CT molecular complexity index is 346. The molecule has 0 saturated heterocycles. The van der Waals surface area contributed by atoms with Crippen molar-refractivity contribution in [3.05, 3.63) is 42.0 Å². The number of nitrogens with one attached hydrogen (secondary N) is 1. The summed E-state index contributed by atoms with van der Waals surface area (Å²) in [5.41, 5.74) is 2.35. The highest BCUT2D eigenvalue weighted by atomic mass is 16.3. The summed E-state index contributed by atoms with van der Waals surface area (Å²) in [4.78, 5) is 0. The van der Waals surface area contributed by atoms with Gasteiger partial charge in [-0.05, 0) is 30.0 Å². The van der Waals surface area contributed by atoms with Crippen LogP contribution >= 0.6 is 0 Å². The quantitative estimate of drug-likeness (QED) is 0.714. The third kappa shape index (κ3) is 1.53. The minimum atomic E-state index is 0.384. The molecule has 0 fully saturated rings. The first-order valence-electron chi connectivity index (χ1n) is 4.98. The number of phenolic OH excluding ortho intramolecular Hbond substituents is 1. The van der Waals surface area contributed by atoms with Gasteiger partial charge in [0, 0.05) is 12.6 Å². The molecular formula is C12H15NO. The van der Waals surface area contributed by atoms with E-state index in [1.165, 1.54) is 5.56 Å². The molecule has 1 aromatic rings. The molecule has 1 atom stereocenters. The molecule has 0 saturated carbocycles. The number of hydrogen-bond donors (Lipinski definition) is 2. The van der Waals surface area contributed by atoms with Crippen LogP contribution in [-0.2, 0) is 6.42 Å². The van der Waals surface area contributed by atoms with Gasteiger partial charge in [-0.25, -0.2) is 0 Å². The largest absolute Gasteiger partial charge is 0.508 e. The number of benzene rings is 1. The molecule has 0 amide bonds. The van der Waals surface area contributed by atoms with Crippen LogP contribution in [0.1, 0.15) is 23.6 Å². The van der Waals surface area contributed by atoms with E-state index in [1.807, 2.05) is 12.1 Å². The first-order chi connectivity index (χ1) is 6.83. The molecule has 0 bridgehead atoms. The lowest BCUT2D eigenvalue weighted by Gasteiger charge is -2.12. The van der Waals surface area contributed by atoms with Crippen molar-refractivity contribution >= 4 is 0 Å². The topological polar surface area (TPSA) is 32.3 Å². The van der Waals surface area contributed by atoms with E-state index in [0.29, 0.717) is 11.8 Å². The maximum Gasteiger partial charge on any atom is 0.119 e. The van der Waals surface area contributed by atoms with Crippen LogP contribution < -0.4 is 5.32 Å². The Kier molecular flexibility index (Phi) is 2.55. The zero-order valence-electron chi connectivity index (χ0n) is 8.16. The average molecular weight is 189 g/mol. The van der Waals surface area contributed by atoms with Gasteiger partial charge in [0.2, 0.25) is 0 Å². The number of hydrogen-bond acceptors (Lipinski definition) is 2. The van der Waals surface area contributed by atoms with Crippen LogP contribution in [-0.4, -0.2) is 11.7 Å². The molecule has 0 radical (unpaired) electrons. The molecule has 2 rings (SSSR count). The predicted octanol–water partition coefficient (Wildman–Crippen LogP) is 2.16. The normalized spacial score (nSPS) is 19.3. The molecule has 0 unspecified atom stereocenters.